The van der Waals surface area contributed by atoms with E-state index in [1.54, 1.807) is 6.26 Å². The van der Waals surface area contributed by atoms with Gasteiger partial charge in [-0.1, -0.05) is 12.1 Å². The molecule has 1 saturated heterocycles. The maximum Gasteiger partial charge on any atom is 0.133 e. The van der Waals surface area contributed by atoms with E-state index in [-0.39, 0.29) is 0 Å². The number of pyridine rings is 1. The normalized spacial score (nSPS) is 24.9. The molecule has 0 radical (unpaired) electrons. The molecule has 1 N–H and O–H groups in total. The summed E-state index contributed by atoms with van der Waals surface area (Å²) in [7, 11) is 0. The van der Waals surface area contributed by atoms with Crippen molar-refractivity contribution in [3.05, 3.63) is 66.2 Å². The van der Waals surface area contributed by atoms with Gasteiger partial charge in [0, 0.05) is 35.8 Å². The molecular weight excluding hydrogens is 272 g/mol. The summed E-state index contributed by atoms with van der Waals surface area (Å²) in [6.07, 6.45) is 7.76. The number of furan rings is 1. The van der Waals surface area contributed by atoms with Crippen LogP contribution in [0.15, 0.2) is 59.5 Å². The molecule has 3 heterocycles. The summed E-state index contributed by atoms with van der Waals surface area (Å²) in [4.78, 5) is 4.24. The molecule has 0 aliphatic carbocycles. The number of benzene rings is 1. The minimum Gasteiger partial charge on any atom is -0.464 e. The zero-order chi connectivity index (χ0) is 14.9. The molecule has 4 rings (SSSR count). The van der Waals surface area contributed by atoms with E-state index in [0.717, 1.165) is 12.0 Å². The molecule has 22 heavy (non-hydrogen) atoms. The summed E-state index contributed by atoms with van der Waals surface area (Å²) < 4.78 is 5.46. The molecule has 0 spiro atoms. The summed E-state index contributed by atoms with van der Waals surface area (Å²) in [5.74, 6) is 0.537. The second kappa shape index (κ2) is 5.58. The molecule has 1 aromatic carbocycles. The summed E-state index contributed by atoms with van der Waals surface area (Å²) in [5.41, 5.74) is 3.66. The maximum atomic E-state index is 5.46. The van der Waals surface area contributed by atoms with Crippen molar-refractivity contribution in [3.63, 3.8) is 0 Å². The topological polar surface area (TPSA) is 38.1 Å². The van der Waals surface area contributed by atoms with Crippen molar-refractivity contribution in [2.24, 2.45) is 0 Å². The Balaban J connectivity index is 1.63. The van der Waals surface area contributed by atoms with Crippen LogP contribution in [0.1, 0.15) is 30.4 Å². The van der Waals surface area contributed by atoms with E-state index in [1.165, 1.54) is 22.9 Å². The molecular formula is C19H20N2O. The van der Waals surface area contributed by atoms with Gasteiger partial charge in [-0.2, -0.15) is 0 Å². The lowest BCUT2D eigenvalue weighted by Crippen LogP contribution is -2.31. The van der Waals surface area contributed by atoms with Gasteiger partial charge in [0.05, 0.1) is 6.26 Å². The fourth-order valence-corrected chi connectivity index (χ4v) is 3.65. The summed E-state index contributed by atoms with van der Waals surface area (Å²) in [6, 6.07) is 13.8. The minimum atomic E-state index is 0.462. The van der Waals surface area contributed by atoms with Gasteiger partial charge in [0.1, 0.15) is 5.58 Å². The Bertz CT molecular complexity index is 765. The van der Waals surface area contributed by atoms with Gasteiger partial charge in [-0.3, -0.25) is 4.98 Å². The van der Waals surface area contributed by atoms with Crippen LogP contribution in [-0.2, 0) is 6.42 Å². The standard InChI is InChI=1S/C19H20N2O/c1-13-9-17(15-4-5-19-16(11-15)6-8-22-19)18(21-13)10-14-3-2-7-20-12-14/h2-8,11-13,17-18,21H,9-10H2,1H3. The van der Waals surface area contributed by atoms with Crippen LogP contribution in [0.3, 0.4) is 0 Å². The zero-order valence-electron chi connectivity index (χ0n) is 12.7. The first-order valence-electron chi connectivity index (χ1n) is 7.92. The molecule has 3 nitrogen and oxygen atoms in total. The molecule has 1 fully saturated rings. The number of fused-ring (bicyclic) bond motifs is 1. The van der Waals surface area contributed by atoms with Crippen molar-refractivity contribution in [1.29, 1.82) is 0 Å². The lowest BCUT2D eigenvalue weighted by molar-refractivity contribution is 0.528. The number of rotatable bonds is 3. The third-order valence-electron chi connectivity index (χ3n) is 4.67. The van der Waals surface area contributed by atoms with Gasteiger partial charge in [-0.05, 0) is 55.2 Å². The van der Waals surface area contributed by atoms with E-state index in [0.29, 0.717) is 18.0 Å². The minimum absolute atomic E-state index is 0.462. The molecule has 3 aromatic rings. The molecule has 1 aliphatic heterocycles. The fraction of sp³-hybridized carbons (Fsp3) is 0.316. The largest absolute Gasteiger partial charge is 0.464 e. The highest BCUT2D eigenvalue weighted by atomic mass is 16.3. The van der Waals surface area contributed by atoms with Crippen LogP contribution in [0.25, 0.3) is 11.0 Å². The van der Waals surface area contributed by atoms with Crippen LogP contribution in [0.2, 0.25) is 0 Å². The highest BCUT2D eigenvalue weighted by Gasteiger charge is 2.32. The van der Waals surface area contributed by atoms with Gasteiger partial charge >= 0.3 is 0 Å². The molecule has 0 amide bonds. The Morgan fingerprint density at radius 1 is 1.27 bits per heavy atom. The van der Waals surface area contributed by atoms with E-state index in [1.807, 2.05) is 24.5 Å². The molecule has 1 aliphatic rings. The Labute approximate surface area is 130 Å². The maximum absolute atomic E-state index is 5.46. The SMILES string of the molecule is CC1CC(c2ccc3occc3c2)C(Cc2cccnc2)N1. The number of aromatic nitrogens is 1. The second-order valence-corrected chi connectivity index (χ2v) is 6.30. The number of nitrogens with zero attached hydrogens (tertiary/aromatic N) is 1. The van der Waals surface area contributed by atoms with Crippen LogP contribution in [0.4, 0.5) is 0 Å². The van der Waals surface area contributed by atoms with E-state index >= 15 is 0 Å². The van der Waals surface area contributed by atoms with Crippen molar-refractivity contribution < 1.29 is 4.42 Å². The summed E-state index contributed by atoms with van der Waals surface area (Å²) >= 11 is 0. The van der Waals surface area contributed by atoms with Gasteiger partial charge in [0.25, 0.3) is 0 Å². The summed E-state index contributed by atoms with van der Waals surface area (Å²) in [5, 5.41) is 4.93. The predicted molar refractivity (Wildman–Crippen MR) is 87.9 cm³/mol. The number of nitrogens with one attached hydrogen (secondary N) is 1. The van der Waals surface area contributed by atoms with E-state index in [9.17, 15) is 0 Å². The molecule has 3 atom stereocenters. The van der Waals surface area contributed by atoms with Crippen LogP contribution in [-0.4, -0.2) is 17.1 Å². The smallest absolute Gasteiger partial charge is 0.133 e. The van der Waals surface area contributed by atoms with E-state index in [2.05, 4.69) is 41.5 Å². The van der Waals surface area contributed by atoms with Gasteiger partial charge in [0.15, 0.2) is 0 Å². The first kappa shape index (κ1) is 13.5. The lowest BCUT2D eigenvalue weighted by atomic mass is 9.87. The Morgan fingerprint density at radius 2 is 2.23 bits per heavy atom. The van der Waals surface area contributed by atoms with Gasteiger partial charge < -0.3 is 9.73 Å². The third-order valence-corrected chi connectivity index (χ3v) is 4.67. The van der Waals surface area contributed by atoms with Gasteiger partial charge in [-0.15, -0.1) is 0 Å². The molecule has 3 unspecified atom stereocenters. The Hall–Kier alpha value is -2.13. The average Bonchev–Trinajstić information content (AvgIpc) is 3.14. The lowest BCUT2D eigenvalue weighted by Gasteiger charge is -2.20. The quantitative estimate of drug-likeness (QED) is 0.795. The van der Waals surface area contributed by atoms with Crippen LogP contribution in [0.5, 0.6) is 0 Å². The van der Waals surface area contributed by atoms with Crippen molar-refractivity contribution in [3.8, 4) is 0 Å². The Kier molecular flexibility index (Phi) is 3.43. The fourth-order valence-electron chi connectivity index (χ4n) is 3.65. The number of hydrogen-bond acceptors (Lipinski definition) is 3. The van der Waals surface area contributed by atoms with Crippen LogP contribution in [0, 0.1) is 0 Å². The van der Waals surface area contributed by atoms with Crippen LogP contribution >= 0.6 is 0 Å². The molecule has 3 heteroatoms. The number of hydrogen-bond donors (Lipinski definition) is 1. The highest BCUT2D eigenvalue weighted by Crippen LogP contribution is 2.34. The van der Waals surface area contributed by atoms with Crippen molar-refractivity contribution in [2.45, 2.75) is 37.8 Å². The third kappa shape index (κ3) is 2.53. The second-order valence-electron chi connectivity index (χ2n) is 6.30. The van der Waals surface area contributed by atoms with E-state index < -0.39 is 0 Å². The first-order chi connectivity index (χ1) is 10.8. The monoisotopic (exact) mass is 292 g/mol. The van der Waals surface area contributed by atoms with Gasteiger partial charge in [0.2, 0.25) is 0 Å². The zero-order valence-corrected chi connectivity index (χ0v) is 12.7. The molecule has 112 valence electrons. The first-order valence-corrected chi connectivity index (χ1v) is 7.92. The molecule has 2 aromatic heterocycles. The average molecular weight is 292 g/mol. The van der Waals surface area contributed by atoms with Crippen LogP contribution < -0.4 is 5.32 Å². The van der Waals surface area contributed by atoms with Gasteiger partial charge in [-0.25, -0.2) is 0 Å². The highest BCUT2D eigenvalue weighted by molar-refractivity contribution is 5.77. The van der Waals surface area contributed by atoms with Crippen molar-refractivity contribution in [1.82, 2.24) is 10.3 Å². The molecule has 0 saturated carbocycles. The summed E-state index contributed by atoms with van der Waals surface area (Å²) in [6.45, 7) is 2.27. The Morgan fingerprint density at radius 3 is 3.09 bits per heavy atom. The van der Waals surface area contributed by atoms with Crippen molar-refractivity contribution in [2.75, 3.05) is 0 Å². The molecule has 0 bridgehead atoms. The van der Waals surface area contributed by atoms with Crippen molar-refractivity contribution >= 4 is 11.0 Å². The van der Waals surface area contributed by atoms with E-state index in [4.69, 9.17) is 4.42 Å². The predicted octanol–water partition coefficient (Wildman–Crippen LogP) is 3.90.